The SMILES string of the molecule is C=C/C(=N\C(=C)Br)c1cc(CC)on1. The van der Waals surface area contributed by atoms with Gasteiger partial charge in [-0.05, 0) is 22.0 Å². The Labute approximate surface area is 91.3 Å². The molecule has 0 fully saturated rings. The summed E-state index contributed by atoms with van der Waals surface area (Å²) in [4.78, 5) is 4.11. The Morgan fingerprint density at radius 1 is 1.79 bits per heavy atom. The Kier molecular flexibility index (Phi) is 3.83. The van der Waals surface area contributed by atoms with Crippen LogP contribution in [0.25, 0.3) is 0 Å². The normalized spacial score (nSPS) is 11.4. The van der Waals surface area contributed by atoms with Crippen LogP contribution >= 0.6 is 15.9 Å². The predicted octanol–water partition coefficient (Wildman–Crippen LogP) is 3.08. The second-order valence-corrected chi connectivity index (χ2v) is 3.52. The van der Waals surface area contributed by atoms with Crippen molar-refractivity contribution in [2.24, 2.45) is 4.99 Å². The van der Waals surface area contributed by atoms with Crippen molar-refractivity contribution in [3.63, 3.8) is 0 Å². The Morgan fingerprint density at radius 2 is 2.50 bits per heavy atom. The minimum atomic E-state index is 0.536. The molecule has 1 aromatic heterocycles. The number of aryl methyl sites for hydroxylation is 1. The first-order valence-corrected chi connectivity index (χ1v) is 4.98. The average Bonchev–Trinajstić information content (AvgIpc) is 2.62. The summed E-state index contributed by atoms with van der Waals surface area (Å²) in [6.07, 6.45) is 2.43. The van der Waals surface area contributed by atoms with Crippen LogP contribution in [0.3, 0.4) is 0 Å². The van der Waals surface area contributed by atoms with Gasteiger partial charge in [-0.3, -0.25) is 0 Å². The van der Waals surface area contributed by atoms with E-state index in [1.807, 2.05) is 13.0 Å². The third-order valence-corrected chi connectivity index (χ3v) is 1.78. The van der Waals surface area contributed by atoms with Gasteiger partial charge in [-0.1, -0.05) is 25.2 Å². The molecule has 0 aliphatic rings. The fourth-order valence-corrected chi connectivity index (χ4v) is 1.13. The van der Waals surface area contributed by atoms with Crippen LogP contribution in [0.4, 0.5) is 0 Å². The molecule has 4 heteroatoms. The van der Waals surface area contributed by atoms with Crippen molar-refractivity contribution >= 4 is 21.6 Å². The molecule has 0 bridgehead atoms. The van der Waals surface area contributed by atoms with Gasteiger partial charge in [-0.15, -0.1) is 0 Å². The number of hydrogen-bond donors (Lipinski definition) is 0. The number of hydrogen-bond acceptors (Lipinski definition) is 3. The van der Waals surface area contributed by atoms with Crippen molar-refractivity contribution in [1.29, 1.82) is 0 Å². The van der Waals surface area contributed by atoms with E-state index in [1.165, 1.54) is 0 Å². The maximum Gasteiger partial charge on any atom is 0.137 e. The van der Waals surface area contributed by atoms with E-state index in [0.717, 1.165) is 12.2 Å². The second kappa shape index (κ2) is 4.91. The summed E-state index contributed by atoms with van der Waals surface area (Å²) >= 11 is 3.15. The molecule has 0 aromatic carbocycles. The van der Waals surface area contributed by atoms with Crippen molar-refractivity contribution in [3.8, 4) is 0 Å². The number of nitrogens with zero attached hydrogens (tertiary/aromatic N) is 2. The largest absolute Gasteiger partial charge is 0.361 e. The van der Waals surface area contributed by atoms with Gasteiger partial charge in [0.1, 0.15) is 11.5 Å². The van der Waals surface area contributed by atoms with E-state index in [0.29, 0.717) is 16.0 Å². The Balaban J connectivity index is 3.00. The van der Waals surface area contributed by atoms with Crippen LogP contribution in [0.5, 0.6) is 0 Å². The summed E-state index contributed by atoms with van der Waals surface area (Å²) in [6.45, 7) is 9.27. The number of aliphatic imine (C=N–C) groups is 1. The highest BCUT2D eigenvalue weighted by Gasteiger charge is 2.06. The lowest BCUT2D eigenvalue weighted by molar-refractivity contribution is 0.386. The van der Waals surface area contributed by atoms with Crippen LogP contribution in [0.15, 0.2) is 39.4 Å². The quantitative estimate of drug-likeness (QED) is 0.612. The van der Waals surface area contributed by atoms with Crippen LogP contribution in [0.1, 0.15) is 18.4 Å². The molecule has 0 N–H and O–H groups in total. The Hall–Kier alpha value is -1.16. The standard InChI is InChI=1S/C10H11BrN2O/c1-4-8-6-10(13-14-8)9(5-2)12-7(3)11/h5-6H,2-4H2,1H3/b12-9+. The van der Waals surface area contributed by atoms with Crippen molar-refractivity contribution in [3.05, 3.63) is 41.4 Å². The molecule has 1 rings (SSSR count). The van der Waals surface area contributed by atoms with Crippen molar-refractivity contribution in [2.45, 2.75) is 13.3 Å². The molecule has 3 nitrogen and oxygen atoms in total. The summed E-state index contributed by atoms with van der Waals surface area (Å²) in [7, 11) is 0. The van der Waals surface area contributed by atoms with E-state index in [4.69, 9.17) is 4.52 Å². The number of aromatic nitrogens is 1. The van der Waals surface area contributed by atoms with Crippen LogP contribution in [-0.4, -0.2) is 10.9 Å². The van der Waals surface area contributed by atoms with E-state index in [2.05, 4.69) is 39.2 Å². The first kappa shape index (κ1) is 10.9. The molecule has 0 aliphatic carbocycles. The van der Waals surface area contributed by atoms with E-state index in [-0.39, 0.29) is 0 Å². The molecule has 14 heavy (non-hydrogen) atoms. The lowest BCUT2D eigenvalue weighted by Gasteiger charge is -1.92. The summed E-state index contributed by atoms with van der Waals surface area (Å²) in [6, 6.07) is 1.84. The van der Waals surface area contributed by atoms with E-state index in [1.54, 1.807) is 6.08 Å². The van der Waals surface area contributed by atoms with Gasteiger partial charge in [-0.2, -0.15) is 0 Å². The predicted molar refractivity (Wildman–Crippen MR) is 60.7 cm³/mol. The zero-order valence-electron chi connectivity index (χ0n) is 7.96. The summed E-state index contributed by atoms with van der Waals surface area (Å²) in [5.41, 5.74) is 1.33. The smallest absolute Gasteiger partial charge is 0.137 e. The van der Waals surface area contributed by atoms with Crippen LogP contribution < -0.4 is 0 Å². The molecule has 0 saturated heterocycles. The number of halogens is 1. The minimum Gasteiger partial charge on any atom is -0.361 e. The van der Waals surface area contributed by atoms with Crippen molar-refractivity contribution in [2.75, 3.05) is 0 Å². The van der Waals surface area contributed by atoms with Gasteiger partial charge in [0, 0.05) is 12.5 Å². The van der Waals surface area contributed by atoms with Crippen LogP contribution in [0, 0.1) is 0 Å². The molecular formula is C10H11BrN2O. The number of allylic oxidation sites excluding steroid dienone is 1. The molecule has 0 unspecified atom stereocenters. The van der Waals surface area contributed by atoms with Gasteiger partial charge in [0.05, 0.1) is 10.3 Å². The van der Waals surface area contributed by atoms with E-state index >= 15 is 0 Å². The van der Waals surface area contributed by atoms with Gasteiger partial charge < -0.3 is 4.52 Å². The van der Waals surface area contributed by atoms with Crippen LogP contribution in [0.2, 0.25) is 0 Å². The monoisotopic (exact) mass is 254 g/mol. The van der Waals surface area contributed by atoms with Gasteiger partial charge in [0.15, 0.2) is 0 Å². The maximum atomic E-state index is 5.05. The fraction of sp³-hybridized carbons (Fsp3) is 0.200. The molecule has 74 valence electrons. The lowest BCUT2D eigenvalue weighted by Crippen LogP contribution is -1.95. The summed E-state index contributed by atoms with van der Waals surface area (Å²) in [5, 5.41) is 3.87. The second-order valence-electron chi connectivity index (χ2n) is 2.61. The van der Waals surface area contributed by atoms with Crippen LogP contribution in [-0.2, 0) is 6.42 Å². The van der Waals surface area contributed by atoms with Gasteiger partial charge in [-0.25, -0.2) is 4.99 Å². The molecule has 0 radical (unpaired) electrons. The lowest BCUT2D eigenvalue weighted by atomic mass is 10.2. The molecule has 0 atom stereocenters. The summed E-state index contributed by atoms with van der Waals surface area (Å²) < 4.78 is 5.59. The zero-order valence-corrected chi connectivity index (χ0v) is 9.54. The molecule has 0 saturated carbocycles. The first-order valence-electron chi connectivity index (χ1n) is 4.18. The fourth-order valence-electron chi connectivity index (χ4n) is 0.938. The van der Waals surface area contributed by atoms with Gasteiger partial charge >= 0.3 is 0 Å². The minimum absolute atomic E-state index is 0.536. The first-order chi connectivity index (χ1) is 6.67. The zero-order chi connectivity index (χ0) is 10.6. The molecule has 0 amide bonds. The van der Waals surface area contributed by atoms with Gasteiger partial charge in [0.25, 0.3) is 0 Å². The summed E-state index contributed by atoms with van der Waals surface area (Å²) in [5.74, 6) is 0.828. The Bertz CT molecular complexity index is 379. The van der Waals surface area contributed by atoms with E-state index < -0.39 is 0 Å². The van der Waals surface area contributed by atoms with E-state index in [9.17, 15) is 0 Å². The molecule has 0 spiro atoms. The highest BCUT2D eigenvalue weighted by Crippen LogP contribution is 2.10. The van der Waals surface area contributed by atoms with Crippen molar-refractivity contribution < 1.29 is 4.52 Å². The third kappa shape index (κ3) is 2.67. The van der Waals surface area contributed by atoms with Gasteiger partial charge in [0.2, 0.25) is 0 Å². The third-order valence-electron chi connectivity index (χ3n) is 1.60. The average molecular weight is 255 g/mol. The highest BCUT2D eigenvalue weighted by atomic mass is 79.9. The highest BCUT2D eigenvalue weighted by molar-refractivity contribution is 9.11. The Morgan fingerprint density at radius 3 is 2.93 bits per heavy atom. The molecule has 1 aromatic rings. The molecule has 0 aliphatic heterocycles. The number of rotatable bonds is 4. The molecular weight excluding hydrogens is 244 g/mol. The van der Waals surface area contributed by atoms with Crippen molar-refractivity contribution in [1.82, 2.24) is 5.16 Å². The molecule has 1 heterocycles. The topological polar surface area (TPSA) is 38.4 Å². The maximum absolute atomic E-state index is 5.05.